The maximum atomic E-state index is 12.7. The summed E-state index contributed by atoms with van der Waals surface area (Å²) in [6.07, 6.45) is 6.04. The predicted octanol–water partition coefficient (Wildman–Crippen LogP) is 2.22. The Labute approximate surface area is 167 Å². The highest BCUT2D eigenvalue weighted by molar-refractivity contribution is 6.06. The monoisotopic (exact) mass is 398 g/mol. The molecule has 9 nitrogen and oxygen atoms in total. The number of nitrogens with one attached hydrogen (secondary N) is 2. The summed E-state index contributed by atoms with van der Waals surface area (Å²) in [4.78, 5) is 49.2. The highest BCUT2D eigenvalue weighted by atomic mass is 16.6. The van der Waals surface area contributed by atoms with Crippen LogP contribution in [0.25, 0.3) is 0 Å². The number of amides is 4. The number of carbonyl (C=O) groups is 3. The van der Waals surface area contributed by atoms with Crippen LogP contribution in [0.2, 0.25) is 0 Å². The van der Waals surface area contributed by atoms with Gasteiger partial charge in [0.25, 0.3) is 5.69 Å². The third kappa shape index (κ3) is 3.37. The van der Waals surface area contributed by atoms with Crippen molar-refractivity contribution in [1.82, 2.24) is 10.2 Å². The summed E-state index contributed by atoms with van der Waals surface area (Å²) in [7, 11) is 0. The second-order valence-electron chi connectivity index (χ2n) is 7.81. The van der Waals surface area contributed by atoms with Crippen LogP contribution in [0.1, 0.15) is 18.4 Å². The van der Waals surface area contributed by atoms with Crippen molar-refractivity contribution in [3.05, 3.63) is 46.0 Å². The number of carbonyl (C=O) groups excluding carboxylic acids is 3. The molecule has 2 fully saturated rings. The first-order valence-electron chi connectivity index (χ1n) is 9.70. The molecule has 29 heavy (non-hydrogen) atoms. The molecule has 1 aromatic carbocycles. The number of nitro groups is 1. The quantitative estimate of drug-likeness (QED) is 0.341. The van der Waals surface area contributed by atoms with Crippen molar-refractivity contribution < 1.29 is 19.3 Å². The van der Waals surface area contributed by atoms with Crippen molar-refractivity contribution >= 4 is 29.2 Å². The Balaban J connectivity index is 1.31. The molecule has 4 amide bonds. The molecule has 2 bridgehead atoms. The Hall–Kier alpha value is -3.23. The van der Waals surface area contributed by atoms with Gasteiger partial charge in [-0.2, -0.15) is 0 Å². The van der Waals surface area contributed by atoms with Crippen molar-refractivity contribution in [3.8, 4) is 0 Å². The molecule has 4 atom stereocenters. The highest BCUT2D eigenvalue weighted by Gasteiger charge is 2.56. The van der Waals surface area contributed by atoms with Gasteiger partial charge >= 0.3 is 6.03 Å². The molecule has 9 heteroatoms. The zero-order valence-corrected chi connectivity index (χ0v) is 16.0. The fraction of sp³-hybridized carbons (Fsp3) is 0.450. The molecule has 1 aromatic rings. The molecule has 5 rings (SSSR count). The smallest absolute Gasteiger partial charge is 0.319 e. The first kappa shape index (κ1) is 19.1. The fourth-order valence-electron chi connectivity index (χ4n) is 4.71. The number of fused-ring (bicyclic) bond motifs is 1. The van der Waals surface area contributed by atoms with Crippen molar-refractivity contribution in [1.29, 1.82) is 0 Å². The number of hydrogen-bond donors (Lipinski definition) is 2. The van der Waals surface area contributed by atoms with Gasteiger partial charge < -0.3 is 10.6 Å². The van der Waals surface area contributed by atoms with E-state index in [1.54, 1.807) is 6.92 Å². The third-order valence-corrected chi connectivity index (χ3v) is 6.14. The minimum atomic E-state index is -0.500. The van der Waals surface area contributed by atoms with E-state index in [2.05, 4.69) is 22.8 Å². The van der Waals surface area contributed by atoms with Crippen LogP contribution >= 0.6 is 0 Å². The summed E-state index contributed by atoms with van der Waals surface area (Å²) in [5.74, 6) is -0.466. The number of urea groups is 1. The number of nitro benzene ring substituents is 1. The normalized spacial score (nSPS) is 27.1. The van der Waals surface area contributed by atoms with Crippen molar-refractivity contribution in [3.63, 3.8) is 0 Å². The van der Waals surface area contributed by atoms with Crippen LogP contribution in [0.3, 0.4) is 0 Å². The van der Waals surface area contributed by atoms with Gasteiger partial charge in [0.15, 0.2) is 0 Å². The number of allylic oxidation sites excluding steroid dienone is 2. The summed E-state index contributed by atoms with van der Waals surface area (Å²) in [5, 5.41) is 16.1. The average molecular weight is 398 g/mol. The van der Waals surface area contributed by atoms with Gasteiger partial charge in [0, 0.05) is 30.9 Å². The van der Waals surface area contributed by atoms with E-state index in [1.807, 2.05) is 0 Å². The minimum absolute atomic E-state index is 0.0514. The van der Waals surface area contributed by atoms with Gasteiger partial charge in [0.05, 0.1) is 16.8 Å². The molecule has 0 aromatic heterocycles. The molecule has 1 heterocycles. The molecule has 0 unspecified atom stereocenters. The van der Waals surface area contributed by atoms with Gasteiger partial charge in [-0.05, 0) is 43.2 Å². The molecule has 3 aliphatic carbocycles. The van der Waals surface area contributed by atoms with Crippen LogP contribution in [-0.4, -0.2) is 40.8 Å². The lowest BCUT2D eigenvalue weighted by Gasteiger charge is -2.38. The predicted molar refractivity (Wildman–Crippen MR) is 104 cm³/mol. The lowest BCUT2D eigenvalue weighted by Crippen LogP contribution is -2.40. The molecule has 1 saturated carbocycles. The van der Waals surface area contributed by atoms with E-state index in [1.165, 1.54) is 23.1 Å². The second kappa shape index (κ2) is 7.31. The Morgan fingerprint density at radius 1 is 1.17 bits per heavy atom. The van der Waals surface area contributed by atoms with Crippen LogP contribution in [0, 0.1) is 40.7 Å². The Morgan fingerprint density at radius 2 is 1.79 bits per heavy atom. The van der Waals surface area contributed by atoms with E-state index in [9.17, 15) is 24.5 Å². The van der Waals surface area contributed by atoms with Crippen LogP contribution in [0.5, 0.6) is 0 Å². The molecular weight excluding hydrogens is 376 g/mol. The van der Waals surface area contributed by atoms with Crippen molar-refractivity contribution in [2.45, 2.75) is 19.8 Å². The van der Waals surface area contributed by atoms with E-state index in [0.717, 1.165) is 12.8 Å². The zero-order valence-electron chi connectivity index (χ0n) is 16.0. The van der Waals surface area contributed by atoms with Crippen LogP contribution in [-0.2, 0) is 9.59 Å². The van der Waals surface area contributed by atoms with E-state index in [4.69, 9.17) is 0 Å². The maximum absolute atomic E-state index is 12.7. The fourth-order valence-corrected chi connectivity index (χ4v) is 4.71. The number of hydrogen-bond acceptors (Lipinski definition) is 5. The largest absolute Gasteiger partial charge is 0.336 e. The van der Waals surface area contributed by atoms with E-state index in [-0.39, 0.29) is 54.3 Å². The second-order valence-corrected chi connectivity index (χ2v) is 7.81. The van der Waals surface area contributed by atoms with E-state index in [0.29, 0.717) is 11.3 Å². The van der Waals surface area contributed by atoms with Crippen LogP contribution in [0.4, 0.5) is 16.2 Å². The van der Waals surface area contributed by atoms with Crippen LogP contribution < -0.4 is 10.6 Å². The van der Waals surface area contributed by atoms with E-state index < -0.39 is 11.0 Å². The SMILES string of the molecule is Cc1cc([N+](=O)[O-])ccc1NC(=O)NCCN1C(=O)[C@H]2[C@H](C1=O)[C@H]1C=C[C@H]2CC1. The summed E-state index contributed by atoms with van der Waals surface area (Å²) < 4.78 is 0. The van der Waals surface area contributed by atoms with Gasteiger partial charge in [0.2, 0.25) is 11.8 Å². The topological polar surface area (TPSA) is 122 Å². The Kier molecular flexibility index (Phi) is 4.81. The Bertz CT molecular complexity index is 895. The number of benzene rings is 1. The maximum Gasteiger partial charge on any atom is 0.319 e. The molecule has 1 aliphatic heterocycles. The van der Waals surface area contributed by atoms with Gasteiger partial charge in [-0.3, -0.25) is 24.6 Å². The number of aryl methyl sites for hydroxylation is 1. The van der Waals surface area contributed by atoms with Gasteiger partial charge in [-0.15, -0.1) is 0 Å². The molecule has 152 valence electrons. The molecular formula is C20H22N4O5. The first-order valence-corrected chi connectivity index (χ1v) is 9.70. The van der Waals surface area contributed by atoms with E-state index >= 15 is 0 Å². The number of anilines is 1. The van der Waals surface area contributed by atoms with Crippen molar-refractivity contribution in [2.24, 2.45) is 23.7 Å². The molecule has 0 spiro atoms. The summed E-state index contributed by atoms with van der Waals surface area (Å²) in [5.41, 5.74) is 0.964. The minimum Gasteiger partial charge on any atom is -0.336 e. The number of likely N-dealkylation sites (tertiary alicyclic amines) is 1. The number of non-ortho nitro benzene ring substituents is 1. The number of rotatable bonds is 5. The Morgan fingerprint density at radius 3 is 2.31 bits per heavy atom. The molecule has 4 aliphatic rings. The van der Waals surface area contributed by atoms with Crippen LogP contribution in [0.15, 0.2) is 30.4 Å². The molecule has 1 saturated heterocycles. The highest BCUT2D eigenvalue weighted by Crippen LogP contribution is 2.49. The van der Waals surface area contributed by atoms with Gasteiger partial charge in [-0.25, -0.2) is 4.79 Å². The number of imide groups is 1. The standard InChI is InChI=1S/C20H22N4O5/c1-11-10-14(24(28)29)6-7-15(11)22-20(27)21-8-9-23-18(25)16-12-2-3-13(5-4-12)17(16)19(23)26/h2-3,6-7,10,12-13,16-17H,4-5,8-9H2,1H3,(H2,21,22,27)/t12-,13-,16+,17+/m0/s1. The molecule has 0 radical (unpaired) electrons. The summed E-state index contributed by atoms with van der Waals surface area (Å²) >= 11 is 0. The molecule has 2 N–H and O–H groups in total. The number of nitrogens with zero attached hydrogens (tertiary/aromatic N) is 2. The lowest BCUT2D eigenvalue weighted by molar-refractivity contribution is -0.384. The third-order valence-electron chi connectivity index (χ3n) is 6.14. The average Bonchev–Trinajstić information content (AvgIpc) is 2.97. The lowest BCUT2D eigenvalue weighted by atomic mass is 9.63. The first-order chi connectivity index (χ1) is 13.9. The summed E-state index contributed by atoms with van der Waals surface area (Å²) in [6, 6.07) is 3.66. The van der Waals surface area contributed by atoms with Crippen molar-refractivity contribution in [2.75, 3.05) is 18.4 Å². The zero-order chi connectivity index (χ0) is 20.7. The van der Waals surface area contributed by atoms with Gasteiger partial charge in [0.1, 0.15) is 0 Å². The summed E-state index contributed by atoms with van der Waals surface area (Å²) in [6.45, 7) is 1.93. The van der Waals surface area contributed by atoms with Gasteiger partial charge in [-0.1, -0.05) is 12.2 Å².